The molecule has 1 rings (SSSR count). The molecule has 1 aromatic heterocycles. The molecule has 0 aliphatic heterocycles. The lowest BCUT2D eigenvalue weighted by molar-refractivity contribution is 0.0942. The minimum Gasteiger partial charge on any atom is -0.351 e. The van der Waals surface area contributed by atoms with Crippen LogP contribution in [-0.2, 0) is 6.54 Å². The highest BCUT2D eigenvalue weighted by Crippen LogP contribution is 2.03. The van der Waals surface area contributed by atoms with Gasteiger partial charge in [-0.3, -0.25) is 9.48 Å². The first kappa shape index (κ1) is 13.7. The molecule has 1 atom stereocenters. The fourth-order valence-electron chi connectivity index (χ4n) is 1.64. The van der Waals surface area contributed by atoms with E-state index in [1.54, 1.807) is 10.7 Å². The van der Waals surface area contributed by atoms with Gasteiger partial charge in [-0.05, 0) is 32.8 Å². The molecule has 5 heteroatoms. The molecule has 0 bridgehead atoms. The lowest BCUT2D eigenvalue weighted by Crippen LogP contribution is -2.31. The van der Waals surface area contributed by atoms with Gasteiger partial charge in [-0.1, -0.05) is 6.92 Å². The molecule has 0 saturated heterocycles. The maximum absolute atomic E-state index is 11.9. The molecule has 0 spiro atoms. The highest BCUT2D eigenvalue weighted by atomic mass is 16.2. The number of carbonyl (C=O) groups excluding carboxylic acids is 1. The van der Waals surface area contributed by atoms with Crippen molar-refractivity contribution in [1.29, 1.82) is 0 Å². The van der Waals surface area contributed by atoms with E-state index in [9.17, 15) is 4.79 Å². The Labute approximate surface area is 102 Å². The lowest BCUT2D eigenvalue weighted by atomic mass is 10.2. The summed E-state index contributed by atoms with van der Waals surface area (Å²) in [6.45, 7) is 7.21. The first-order chi connectivity index (χ1) is 8.08. The van der Waals surface area contributed by atoms with Crippen LogP contribution in [-0.4, -0.2) is 28.3 Å². The number of carbonyl (C=O) groups is 1. The van der Waals surface area contributed by atoms with Crippen molar-refractivity contribution < 1.29 is 4.79 Å². The van der Waals surface area contributed by atoms with Crippen molar-refractivity contribution in [1.82, 2.24) is 15.1 Å². The van der Waals surface area contributed by atoms with Crippen LogP contribution in [0, 0.1) is 6.92 Å². The van der Waals surface area contributed by atoms with E-state index in [0.29, 0.717) is 18.8 Å². The Balaban J connectivity index is 2.52. The number of aryl methyl sites for hydroxylation is 2. The van der Waals surface area contributed by atoms with Crippen molar-refractivity contribution in [2.24, 2.45) is 5.73 Å². The van der Waals surface area contributed by atoms with Crippen molar-refractivity contribution in [2.45, 2.75) is 46.2 Å². The van der Waals surface area contributed by atoms with Crippen molar-refractivity contribution >= 4 is 5.91 Å². The fraction of sp³-hybridized carbons (Fsp3) is 0.667. The van der Waals surface area contributed by atoms with E-state index in [2.05, 4.69) is 10.4 Å². The van der Waals surface area contributed by atoms with Crippen LogP contribution in [0.2, 0.25) is 0 Å². The maximum atomic E-state index is 11.9. The monoisotopic (exact) mass is 238 g/mol. The first-order valence-corrected chi connectivity index (χ1v) is 6.16. The van der Waals surface area contributed by atoms with Gasteiger partial charge in [0, 0.05) is 19.1 Å². The Bertz CT molecular complexity index is 373. The normalized spacial score (nSPS) is 12.5. The second-order valence-corrected chi connectivity index (χ2v) is 4.20. The number of hydrogen-bond donors (Lipinski definition) is 2. The molecular weight excluding hydrogens is 216 g/mol. The molecule has 0 aromatic carbocycles. The van der Waals surface area contributed by atoms with Gasteiger partial charge in [0.15, 0.2) is 0 Å². The van der Waals surface area contributed by atoms with E-state index in [-0.39, 0.29) is 11.9 Å². The van der Waals surface area contributed by atoms with Gasteiger partial charge in [0.25, 0.3) is 5.91 Å². The van der Waals surface area contributed by atoms with Crippen LogP contribution in [0.1, 0.15) is 42.9 Å². The van der Waals surface area contributed by atoms with Crippen LogP contribution in [0.15, 0.2) is 6.07 Å². The number of nitrogens with zero attached hydrogens (tertiary/aromatic N) is 2. The minimum absolute atomic E-state index is 0.0734. The fourth-order valence-corrected chi connectivity index (χ4v) is 1.64. The molecule has 0 aliphatic rings. The first-order valence-electron chi connectivity index (χ1n) is 6.16. The summed E-state index contributed by atoms with van der Waals surface area (Å²) in [7, 11) is 0. The largest absolute Gasteiger partial charge is 0.351 e. The van der Waals surface area contributed by atoms with Crippen LogP contribution in [0.3, 0.4) is 0 Å². The Hall–Kier alpha value is -1.36. The molecule has 0 saturated carbocycles. The maximum Gasteiger partial charge on any atom is 0.269 e. The SMILES string of the molecule is CCC(N)CCNC(=O)c1cc(C)nn1CC. The van der Waals surface area contributed by atoms with Crippen LogP contribution in [0.5, 0.6) is 0 Å². The summed E-state index contributed by atoms with van der Waals surface area (Å²) in [5, 5.41) is 7.11. The summed E-state index contributed by atoms with van der Waals surface area (Å²) < 4.78 is 1.71. The quantitative estimate of drug-likeness (QED) is 0.778. The Morgan fingerprint density at radius 2 is 2.29 bits per heavy atom. The van der Waals surface area contributed by atoms with Gasteiger partial charge in [-0.2, -0.15) is 5.10 Å². The lowest BCUT2D eigenvalue weighted by Gasteiger charge is -2.10. The van der Waals surface area contributed by atoms with Crippen LogP contribution < -0.4 is 11.1 Å². The van der Waals surface area contributed by atoms with Gasteiger partial charge in [0.05, 0.1) is 5.69 Å². The Morgan fingerprint density at radius 3 is 2.88 bits per heavy atom. The van der Waals surface area contributed by atoms with E-state index in [4.69, 9.17) is 5.73 Å². The molecule has 0 radical (unpaired) electrons. The van der Waals surface area contributed by atoms with Gasteiger partial charge in [0.1, 0.15) is 5.69 Å². The molecule has 17 heavy (non-hydrogen) atoms. The highest BCUT2D eigenvalue weighted by Gasteiger charge is 2.12. The molecule has 1 unspecified atom stereocenters. The van der Waals surface area contributed by atoms with Crippen LogP contribution >= 0.6 is 0 Å². The van der Waals surface area contributed by atoms with Gasteiger partial charge in [0.2, 0.25) is 0 Å². The molecule has 1 heterocycles. The summed E-state index contributed by atoms with van der Waals surface area (Å²) in [4.78, 5) is 11.9. The second kappa shape index (κ2) is 6.39. The van der Waals surface area contributed by atoms with Crippen molar-refractivity contribution in [3.63, 3.8) is 0 Å². The molecular formula is C12H22N4O. The zero-order valence-corrected chi connectivity index (χ0v) is 10.9. The van der Waals surface area contributed by atoms with E-state index in [1.807, 2.05) is 20.8 Å². The third-order valence-corrected chi connectivity index (χ3v) is 2.76. The summed E-state index contributed by atoms with van der Waals surface area (Å²) >= 11 is 0. The molecule has 96 valence electrons. The van der Waals surface area contributed by atoms with Crippen LogP contribution in [0.4, 0.5) is 0 Å². The zero-order chi connectivity index (χ0) is 12.8. The molecule has 0 aliphatic carbocycles. The van der Waals surface area contributed by atoms with E-state index < -0.39 is 0 Å². The molecule has 0 fully saturated rings. The average Bonchev–Trinajstić information content (AvgIpc) is 2.70. The predicted octanol–water partition coefficient (Wildman–Crippen LogP) is 1.07. The highest BCUT2D eigenvalue weighted by molar-refractivity contribution is 5.92. The number of rotatable bonds is 6. The number of hydrogen-bond acceptors (Lipinski definition) is 3. The summed E-state index contributed by atoms with van der Waals surface area (Å²) in [5.41, 5.74) is 7.27. The summed E-state index contributed by atoms with van der Waals surface area (Å²) in [5.74, 6) is -0.0734. The number of nitrogens with one attached hydrogen (secondary N) is 1. The number of nitrogens with two attached hydrogens (primary N) is 1. The van der Waals surface area contributed by atoms with Gasteiger partial charge in [-0.15, -0.1) is 0 Å². The average molecular weight is 238 g/mol. The number of aromatic nitrogens is 2. The zero-order valence-electron chi connectivity index (χ0n) is 10.9. The molecule has 5 nitrogen and oxygen atoms in total. The summed E-state index contributed by atoms with van der Waals surface area (Å²) in [6, 6.07) is 1.96. The second-order valence-electron chi connectivity index (χ2n) is 4.20. The Kier molecular flexibility index (Phi) is 5.15. The van der Waals surface area contributed by atoms with Crippen molar-refractivity contribution in [3.05, 3.63) is 17.5 Å². The van der Waals surface area contributed by atoms with E-state index >= 15 is 0 Å². The van der Waals surface area contributed by atoms with Gasteiger partial charge < -0.3 is 11.1 Å². The predicted molar refractivity (Wildman–Crippen MR) is 67.9 cm³/mol. The molecule has 1 aromatic rings. The number of amides is 1. The molecule has 1 amide bonds. The third kappa shape index (κ3) is 3.85. The van der Waals surface area contributed by atoms with E-state index in [1.165, 1.54) is 0 Å². The van der Waals surface area contributed by atoms with Gasteiger partial charge >= 0.3 is 0 Å². The van der Waals surface area contributed by atoms with Crippen molar-refractivity contribution in [2.75, 3.05) is 6.54 Å². The molecule has 3 N–H and O–H groups in total. The van der Waals surface area contributed by atoms with Crippen LogP contribution in [0.25, 0.3) is 0 Å². The van der Waals surface area contributed by atoms with Gasteiger partial charge in [-0.25, -0.2) is 0 Å². The van der Waals surface area contributed by atoms with Crippen molar-refractivity contribution in [3.8, 4) is 0 Å². The third-order valence-electron chi connectivity index (χ3n) is 2.76. The summed E-state index contributed by atoms with van der Waals surface area (Å²) in [6.07, 6.45) is 1.74. The smallest absolute Gasteiger partial charge is 0.269 e. The van der Waals surface area contributed by atoms with E-state index in [0.717, 1.165) is 18.5 Å². The Morgan fingerprint density at radius 1 is 1.59 bits per heavy atom. The topological polar surface area (TPSA) is 72.9 Å². The minimum atomic E-state index is -0.0734. The standard InChI is InChI=1S/C12H22N4O/c1-4-10(13)6-7-14-12(17)11-8-9(3)15-16(11)5-2/h8,10H,4-7,13H2,1-3H3,(H,14,17).